The maximum Gasteiger partial charge on any atom is 0.335 e. The maximum absolute atomic E-state index is 12.2. The first-order chi connectivity index (χ1) is 9.57. The van der Waals surface area contributed by atoms with Gasteiger partial charge in [0.25, 0.3) is 5.91 Å². The van der Waals surface area contributed by atoms with E-state index in [-0.39, 0.29) is 5.91 Å². The van der Waals surface area contributed by atoms with Crippen molar-refractivity contribution in [2.24, 2.45) is 0 Å². The van der Waals surface area contributed by atoms with Crippen molar-refractivity contribution in [1.29, 1.82) is 0 Å². The molecule has 2 rings (SSSR count). The molecule has 1 aromatic rings. The Bertz CT molecular complexity index is 526. The fourth-order valence-electron chi connectivity index (χ4n) is 2.20. The summed E-state index contributed by atoms with van der Waals surface area (Å²) in [6.45, 7) is 0. The number of rotatable bonds is 3. The van der Waals surface area contributed by atoms with E-state index in [1.54, 1.807) is 24.3 Å². The van der Waals surface area contributed by atoms with Crippen LogP contribution in [0.25, 0.3) is 0 Å². The number of carbonyl (C=O) groups is 2. The standard InChI is InChI=1S/C15H17NO4/c1-20-14(19)15(9-7-12(17)8-10-15)16-13(18)11-5-3-2-4-6-11/h2-7,9,12,17H,8,10H2,1H3,(H,16,18)/t12-,15-/m0/s1. The lowest BCUT2D eigenvalue weighted by molar-refractivity contribution is -0.146. The number of amides is 1. The van der Waals surface area contributed by atoms with Crippen LogP contribution in [0.5, 0.6) is 0 Å². The van der Waals surface area contributed by atoms with Crippen LogP contribution in [-0.2, 0) is 9.53 Å². The molecule has 5 nitrogen and oxygen atoms in total. The molecule has 1 aromatic carbocycles. The van der Waals surface area contributed by atoms with Crippen LogP contribution < -0.4 is 5.32 Å². The highest BCUT2D eigenvalue weighted by molar-refractivity contribution is 5.99. The second-order valence-electron chi connectivity index (χ2n) is 4.75. The second kappa shape index (κ2) is 5.88. The monoisotopic (exact) mass is 275 g/mol. The molecule has 0 unspecified atom stereocenters. The molecule has 1 aliphatic rings. The van der Waals surface area contributed by atoms with Gasteiger partial charge in [0, 0.05) is 5.56 Å². The highest BCUT2D eigenvalue weighted by atomic mass is 16.5. The fourth-order valence-corrected chi connectivity index (χ4v) is 2.20. The number of ether oxygens (including phenoxy) is 1. The van der Waals surface area contributed by atoms with Crippen molar-refractivity contribution in [1.82, 2.24) is 5.32 Å². The Hall–Kier alpha value is -2.14. The van der Waals surface area contributed by atoms with Crippen molar-refractivity contribution in [3.8, 4) is 0 Å². The third-order valence-corrected chi connectivity index (χ3v) is 3.36. The molecule has 106 valence electrons. The van der Waals surface area contributed by atoms with E-state index in [1.165, 1.54) is 19.3 Å². The first-order valence-electron chi connectivity index (χ1n) is 6.41. The van der Waals surface area contributed by atoms with Crippen molar-refractivity contribution in [2.45, 2.75) is 24.5 Å². The van der Waals surface area contributed by atoms with Gasteiger partial charge in [0.05, 0.1) is 13.2 Å². The zero-order chi connectivity index (χ0) is 14.6. The van der Waals surface area contributed by atoms with Crippen LogP contribution >= 0.6 is 0 Å². The number of carbonyl (C=O) groups excluding carboxylic acids is 2. The van der Waals surface area contributed by atoms with Crippen molar-refractivity contribution < 1.29 is 19.4 Å². The first-order valence-corrected chi connectivity index (χ1v) is 6.41. The molecule has 0 aliphatic heterocycles. The number of benzene rings is 1. The highest BCUT2D eigenvalue weighted by Crippen LogP contribution is 2.24. The Morgan fingerprint density at radius 3 is 2.60 bits per heavy atom. The highest BCUT2D eigenvalue weighted by Gasteiger charge is 2.41. The average molecular weight is 275 g/mol. The van der Waals surface area contributed by atoms with Gasteiger partial charge in [0.2, 0.25) is 0 Å². The molecule has 0 bridgehead atoms. The van der Waals surface area contributed by atoms with Crippen molar-refractivity contribution in [3.05, 3.63) is 48.0 Å². The minimum atomic E-state index is -1.21. The summed E-state index contributed by atoms with van der Waals surface area (Å²) < 4.78 is 4.78. The van der Waals surface area contributed by atoms with Gasteiger partial charge < -0.3 is 15.2 Å². The summed E-state index contributed by atoms with van der Waals surface area (Å²) in [7, 11) is 1.28. The summed E-state index contributed by atoms with van der Waals surface area (Å²) in [6.07, 6.45) is 3.11. The summed E-state index contributed by atoms with van der Waals surface area (Å²) in [5.41, 5.74) is -0.740. The molecule has 0 spiro atoms. The number of aliphatic hydroxyl groups is 1. The van der Waals surface area contributed by atoms with Crippen LogP contribution in [0.4, 0.5) is 0 Å². The van der Waals surface area contributed by atoms with Gasteiger partial charge in [0.15, 0.2) is 5.54 Å². The largest absolute Gasteiger partial charge is 0.467 e. The number of hydrogen-bond acceptors (Lipinski definition) is 4. The van der Waals surface area contributed by atoms with E-state index in [9.17, 15) is 14.7 Å². The van der Waals surface area contributed by atoms with E-state index in [4.69, 9.17) is 4.74 Å². The number of aliphatic hydroxyl groups excluding tert-OH is 1. The van der Waals surface area contributed by atoms with E-state index < -0.39 is 17.6 Å². The van der Waals surface area contributed by atoms with Gasteiger partial charge >= 0.3 is 5.97 Å². The molecule has 2 atom stereocenters. The lowest BCUT2D eigenvalue weighted by Crippen LogP contribution is -2.55. The van der Waals surface area contributed by atoms with Gasteiger partial charge in [-0.2, -0.15) is 0 Å². The minimum Gasteiger partial charge on any atom is -0.467 e. The number of hydrogen-bond donors (Lipinski definition) is 2. The summed E-state index contributed by atoms with van der Waals surface area (Å²) in [6, 6.07) is 8.65. The molecular weight excluding hydrogens is 258 g/mol. The van der Waals surface area contributed by atoms with Crippen LogP contribution in [0, 0.1) is 0 Å². The Labute approximate surface area is 117 Å². The van der Waals surface area contributed by atoms with E-state index in [0.29, 0.717) is 18.4 Å². The normalized spacial score (nSPS) is 25.0. The van der Waals surface area contributed by atoms with Gasteiger partial charge in [-0.15, -0.1) is 0 Å². The average Bonchev–Trinajstić information content (AvgIpc) is 2.49. The summed E-state index contributed by atoms with van der Waals surface area (Å²) in [5, 5.41) is 12.2. The van der Waals surface area contributed by atoms with Crippen molar-refractivity contribution in [3.63, 3.8) is 0 Å². The lowest BCUT2D eigenvalue weighted by atomic mass is 9.86. The molecule has 0 saturated heterocycles. The van der Waals surface area contributed by atoms with Crippen LogP contribution in [-0.4, -0.2) is 35.7 Å². The number of nitrogens with one attached hydrogen (secondary N) is 1. The predicted molar refractivity (Wildman–Crippen MR) is 73.0 cm³/mol. The number of methoxy groups -OCH3 is 1. The molecule has 2 N–H and O–H groups in total. The van der Waals surface area contributed by atoms with Gasteiger partial charge in [-0.05, 0) is 31.1 Å². The third kappa shape index (κ3) is 2.88. The molecule has 0 fully saturated rings. The molecule has 0 aromatic heterocycles. The minimum absolute atomic E-state index is 0.302. The fraction of sp³-hybridized carbons (Fsp3) is 0.333. The topological polar surface area (TPSA) is 75.6 Å². The van der Waals surface area contributed by atoms with Gasteiger partial charge in [-0.3, -0.25) is 4.79 Å². The molecular formula is C15H17NO4. The molecule has 0 heterocycles. The summed E-state index contributed by atoms with van der Waals surface area (Å²) in [4.78, 5) is 24.2. The van der Waals surface area contributed by atoms with Crippen LogP contribution in [0.3, 0.4) is 0 Å². The van der Waals surface area contributed by atoms with Gasteiger partial charge in [0.1, 0.15) is 0 Å². The Balaban J connectivity index is 2.23. The molecule has 1 amide bonds. The van der Waals surface area contributed by atoms with Crippen LogP contribution in [0.15, 0.2) is 42.5 Å². The van der Waals surface area contributed by atoms with Crippen LogP contribution in [0.1, 0.15) is 23.2 Å². The Kier molecular flexibility index (Phi) is 4.20. The maximum atomic E-state index is 12.2. The predicted octanol–water partition coefficient (Wildman–Crippen LogP) is 1.04. The van der Waals surface area contributed by atoms with Crippen molar-refractivity contribution in [2.75, 3.05) is 7.11 Å². The Morgan fingerprint density at radius 2 is 2.05 bits per heavy atom. The van der Waals surface area contributed by atoms with Crippen LogP contribution in [0.2, 0.25) is 0 Å². The molecule has 0 radical (unpaired) electrons. The van der Waals surface area contributed by atoms with Gasteiger partial charge in [-0.1, -0.05) is 24.3 Å². The zero-order valence-corrected chi connectivity index (χ0v) is 11.2. The van der Waals surface area contributed by atoms with E-state index in [2.05, 4.69) is 5.32 Å². The first kappa shape index (κ1) is 14.3. The lowest BCUT2D eigenvalue weighted by Gasteiger charge is -2.32. The molecule has 5 heteroatoms. The smallest absolute Gasteiger partial charge is 0.335 e. The third-order valence-electron chi connectivity index (χ3n) is 3.36. The van der Waals surface area contributed by atoms with E-state index in [0.717, 1.165) is 0 Å². The SMILES string of the molecule is COC(=O)[C@]1(NC(=O)c2ccccc2)C=C[C@H](O)CC1. The second-order valence-corrected chi connectivity index (χ2v) is 4.75. The molecule has 0 saturated carbocycles. The summed E-state index contributed by atoms with van der Waals surface area (Å²) in [5.74, 6) is -0.887. The quantitative estimate of drug-likeness (QED) is 0.638. The summed E-state index contributed by atoms with van der Waals surface area (Å²) >= 11 is 0. The zero-order valence-electron chi connectivity index (χ0n) is 11.2. The van der Waals surface area contributed by atoms with E-state index >= 15 is 0 Å². The van der Waals surface area contributed by atoms with Crippen molar-refractivity contribution >= 4 is 11.9 Å². The van der Waals surface area contributed by atoms with Gasteiger partial charge in [-0.25, -0.2) is 4.79 Å². The Morgan fingerprint density at radius 1 is 1.35 bits per heavy atom. The molecule has 1 aliphatic carbocycles. The molecule has 20 heavy (non-hydrogen) atoms. The number of esters is 1. The van der Waals surface area contributed by atoms with E-state index in [1.807, 2.05) is 6.07 Å².